The zero-order valence-electron chi connectivity index (χ0n) is 15.8. The van der Waals surface area contributed by atoms with Gasteiger partial charge >= 0.3 is 0 Å². The number of carbonyl (C=O) groups is 1. The average Bonchev–Trinajstić information content (AvgIpc) is 3.11. The second kappa shape index (κ2) is 7.65. The Hall–Kier alpha value is -3.46. The fourth-order valence-electron chi connectivity index (χ4n) is 3.72. The summed E-state index contributed by atoms with van der Waals surface area (Å²) in [5.74, 6) is 0.924. The molecule has 1 aliphatic heterocycles. The molecule has 0 atom stereocenters. The first-order valence-corrected chi connectivity index (χ1v) is 9.34. The summed E-state index contributed by atoms with van der Waals surface area (Å²) in [6, 6.07) is 17.9. The maximum atomic E-state index is 12.8. The molecule has 28 heavy (non-hydrogen) atoms. The number of ether oxygens (including phenoxy) is 1. The molecule has 2 heterocycles. The molecule has 2 aromatic carbocycles. The van der Waals surface area contributed by atoms with Crippen molar-refractivity contribution in [1.82, 2.24) is 9.47 Å². The van der Waals surface area contributed by atoms with Crippen LogP contribution >= 0.6 is 0 Å². The molecule has 0 N–H and O–H groups in total. The fraction of sp³-hybridized carbons (Fsp3) is 0.273. The van der Waals surface area contributed by atoms with Crippen molar-refractivity contribution in [3.63, 3.8) is 0 Å². The van der Waals surface area contributed by atoms with Crippen molar-refractivity contribution in [2.45, 2.75) is 6.54 Å². The molecule has 1 saturated heterocycles. The molecule has 0 bridgehead atoms. The first-order valence-electron chi connectivity index (χ1n) is 9.34. The van der Waals surface area contributed by atoms with Crippen LogP contribution in [0.5, 0.6) is 5.75 Å². The number of nitrogens with zero attached hydrogens (tertiary/aromatic N) is 4. The Bertz CT molecular complexity index is 1020. The van der Waals surface area contributed by atoms with Crippen molar-refractivity contribution in [1.29, 1.82) is 5.26 Å². The molecule has 1 fully saturated rings. The number of para-hydroxylation sites is 1. The molecule has 6 nitrogen and oxygen atoms in total. The third-order valence-corrected chi connectivity index (χ3v) is 5.28. The Balaban J connectivity index is 1.41. The summed E-state index contributed by atoms with van der Waals surface area (Å²) in [4.78, 5) is 17.0. The Kier molecular flexibility index (Phi) is 4.90. The number of methoxy groups -OCH3 is 1. The standard InChI is InChI=1S/C22H22N4O2/c1-28-19-8-6-18(7-9-19)24-10-12-25(13-11-24)22(27)16-26-15-17(14-23)20-4-2-3-5-21(20)26/h2-9,15H,10-13,16H2,1H3. The van der Waals surface area contributed by atoms with Gasteiger partial charge in [0.2, 0.25) is 5.91 Å². The highest BCUT2D eigenvalue weighted by atomic mass is 16.5. The highest BCUT2D eigenvalue weighted by molar-refractivity contribution is 5.88. The molecule has 1 amide bonds. The van der Waals surface area contributed by atoms with Crippen molar-refractivity contribution in [2.75, 3.05) is 38.2 Å². The smallest absolute Gasteiger partial charge is 0.242 e. The second-order valence-electron chi connectivity index (χ2n) is 6.87. The number of nitriles is 1. The summed E-state index contributed by atoms with van der Waals surface area (Å²) >= 11 is 0. The van der Waals surface area contributed by atoms with Gasteiger partial charge in [-0.15, -0.1) is 0 Å². The Morgan fingerprint density at radius 3 is 2.46 bits per heavy atom. The third-order valence-electron chi connectivity index (χ3n) is 5.28. The van der Waals surface area contributed by atoms with Crippen molar-refractivity contribution >= 4 is 22.5 Å². The minimum atomic E-state index is 0.0830. The van der Waals surface area contributed by atoms with E-state index in [9.17, 15) is 10.1 Å². The van der Waals surface area contributed by atoms with E-state index in [4.69, 9.17) is 4.74 Å². The van der Waals surface area contributed by atoms with E-state index in [1.807, 2.05) is 58.0 Å². The zero-order chi connectivity index (χ0) is 19.5. The van der Waals surface area contributed by atoms with E-state index in [1.165, 1.54) is 0 Å². The van der Waals surface area contributed by atoms with Gasteiger partial charge < -0.3 is 19.1 Å². The van der Waals surface area contributed by atoms with E-state index in [1.54, 1.807) is 13.3 Å². The van der Waals surface area contributed by atoms with Gasteiger partial charge in [-0.1, -0.05) is 18.2 Å². The topological polar surface area (TPSA) is 61.5 Å². The van der Waals surface area contributed by atoms with E-state index in [2.05, 4.69) is 11.0 Å². The third kappa shape index (κ3) is 3.39. The number of benzene rings is 2. The molecule has 3 aromatic rings. The lowest BCUT2D eigenvalue weighted by Gasteiger charge is -2.36. The molecule has 1 aromatic heterocycles. The monoisotopic (exact) mass is 374 g/mol. The lowest BCUT2D eigenvalue weighted by Crippen LogP contribution is -2.49. The number of fused-ring (bicyclic) bond motifs is 1. The molecule has 0 saturated carbocycles. The van der Waals surface area contributed by atoms with Crippen LogP contribution in [0.4, 0.5) is 5.69 Å². The number of anilines is 1. The summed E-state index contributed by atoms with van der Waals surface area (Å²) in [5.41, 5.74) is 2.67. The molecular formula is C22H22N4O2. The first kappa shape index (κ1) is 17.9. The highest BCUT2D eigenvalue weighted by Crippen LogP contribution is 2.22. The molecule has 4 rings (SSSR count). The van der Waals surface area contributed by atoms with Gasteiger partial charge in [0, 0.05) is 49.0 Å². The van der Waals surface area contributed by atoms with Crippen molar-refractivity contribution in [3.05, 3.63) is 60.3 Å². The van der Waals surface area contributed by atoms with Crippen molar-refractivity contribution < 1.29 is 9.53 Å². The van der Waals surface area contributed by atoms with E-state index in [-0.39, 0.29) is 12.5 Å². The normalized spacial score (nSPS) is 14.1. The van der Waals surface area contributed by atoms with Crippen molar-refractivity contribution in [2.24, 2.45) is 0 Å². The predicted octanol–water partition coefficient (Wildman–Crippen LogP) is 2.87. The van der Waals surface area contributed by atoms with Gasteiger partial charge in [0.1, 0.15) is 18.4 Å². The quantitative estimate of drug-likeness (QED) is 0.705. The maximum absolute atomic E-state index is 12.8. The number of aromatic nitrogens is 1. The van der Waals surface area contributed by atoms with Crippen LogP contribution < -0.4 is 9.64 Å². The van der Waals surface area contributed by atoms with Crippen LogP contribution in [0, 0.1) is 11.3 Å². The molecule has 0 spiro atoms. The number of piperazine rings is 1. The fourth-order valence-corrected chi connectivity index (χ4v) is 3.72. The summed E-state index contributed by atoms with van der Waals surface area (Å²) in [6.07, 6.45) is 1.77. The lowest BCUT2D eigenvalue weighted by molar-refractivity contribution is -0.132. The zero-order valence-corrected chi connectivity index (χ0v) is 15.8. The molecule has 0 aliphatic carbocycles. The van der Waals surface area contributed by atoms with Crippen LogP contribution in [0.3, 0.4) is 0 Å². The van der Waals surface area contributed by atoms with Crippen LogP contribution in [0.15, 0.2) is 54.7 Å². The van der Waals surface area contributed by atoms with E-state index >= 15 is 0 Å². The number of carbonyl (C=O) groups excluding carboxylic acids is 1. The van der Waals surface area contributed by atoms with Gasteiger partial charge in [0.25, 0.3) is 0 Å². The van der Waals surface area contributed by atoms with E-state index < -0.39 is 0 Å². The Labute approximate surface area is 164 Å². The maximum Gasteiger partial charge on any atom is 0.242 e. The van der Waals surface area contributed by atoms with Gasteiger partial charge in [0.05, 0.1) is 12.7 Å². The van der Waals surface area contributed by atoms with Gasteiger partial charge in [-0.25, -0.2) is 0 Å². The van der Waals surface area contributed by atoms with Crippen LogP contribution in [0.2, 0.25) is 0 Å². The summed E-state index contributed by atoms with van der Waals surface area (Å²) in [7, 11) is 1.66. The highest BCUT2D eigenvalue weighted by Gasteiger charge is 2.22. The van der Waals surface area contributed by atoms with Crippen LogP contribution in [-0.2, 0) is 11.3 Å². The van der Waals surface area contributed by atoms with Crippen molar-refractivity contribution in [3.8, 4) is 11.8 Å². The lowest BCUT2D eigenvalue weighted by atomic mass is 10.2. The van der Waals surface area contributed by atoms with Gasteiger partial charge in [0.15, 0.2) is 0 Å². The molecule has 0 unspecified atom stereocenters. The average molecular weight is 374 g/mol. The number of hydrogen-bond acceptors (Lipinski definition) is 4. The SMILES string of the molecule is COc1ccc(N2CCN(C(=O)Cn3cc(C#N)c4ccccc43)CC2)cc1. The molecule has 0 radical (unpaired) electrons. The number of rotatable bonds is 4. The molecule has 6 heteroatoms. The molecule has 142 valence electrons. The van der Waals surface area contributed by atoms with Gasteiger partial charge in [-0.05, 0) is 30.3 Å². The largest absolute Gasteiger partial charge is 0.497 e. The van der Waals surface area contributed by atoms with Crippen LogP contribution in [0.1, 0.15) is 5.56 Å². The predicted molar refractivity (Wildman–Crippen MR) is 108 cm³/mol. The summed E-state index contributed by atoms with van der Waals surface area (Å²) in [6.45, 7) is 3.23. The van der Waals surface area contributed by atoms with Gasteiger partial charge in [-0.2, -0.15) is 5.26 Å². The minimum Gasteiger partial charge on any atom is -0.497 e. The molecular weight excluding hydrogens is 352 g/mol. The number of amides is 1. The molecule has 1 aliphatic rings. The summed E-state index contributed by atoms with van der Waals surface area (Å²) in [5, 5.41) is 10.2. The van der Waals surface area contributed by atoms with Crippen LogP contribution in [-0.4, -0.2) is 48.7 Å². The Morgan fingerprint density at radius 2 is 1.79 bits per heavy atom. The number of hydrogen-bond donors (Lipinski definition) is 0. The minimum absolute atomic E-state index is 0.0830. The van der Waals surface area contributed by atoms with E-state index in [0.717, 1.165) is 35.4 Å². The van der Waals surface area contributed by atoms with Gasteiger partial charge in [-0.3, -0.25) is 4.79 Å². The second-order valence-corrected chi connectivity index (χ2v) is 6.87. The van der Waals surface area contributed by atoms with E-state index in [0.29, 0.717) is 18.7 Å². The summed E-state index contributed by atoms with van der Waals surface area (Å²) < 4.78 is 7.09. The first-order chi connectivity index (χ1) is 13.7. The van der Waals surface area contributed by atoms with Crippen LogP contribution in [0.25, 0.3) is 10.9 Å². The Morgan fingerprint density at radius 1 is 1.07 bits per heavy atom.